The maximum atomic E-state index is 12.7. The number of nitrogens with zero attached hydrogens (tertiary/aromatic N) is 5. The van der Waals surface area contributed by atoms with Gasteiger partial charge in [0.1, 0.15) is 0 Å². The minimum atomic E-state index is -0.285. The molecule has 1 fully saturated rings. The number of rotatable bonds is 6. The van der Waals surface area contributed by atoms with Crippen LogP contribution in [0, 0.1) is 13.8 Å². The summed E-state index contributed by atoms with van der Waals surface area (Å²) < 4.78 is 1.55. The number of nitrogen functional groups attached to an aromatic ring is 1. The predicted octanol–water partition coefficient (Wildman–Crippen LogP) is 0.954. The maximum absolute atomic E-state index is 12.7. The Bertz CT molecular complexity index is 1160. The molecule has 1 aliphatic heterocycles. The zero-order chi connectivity index (χ0) is 22.1. The van der Waals surface area contributed by atoms with E-state index in [-0.39, 0.29) is 30.2 Å². The first-order valence-electron chi connectivity index (χ1n) is 10.2. The van der Waals surface area contributed by atoms with Crippen LogP contribution < -0.4 is 16.8 Å². The third kappa shape index (κ3) is 4.33. The zero-order valence-corrected chi connectivity index (χ0v) is 17.6. The van der Waals surface area contributed by atoms with Gasteiger partial charge in [0.2, 0.25) is 17.8 Å². The molecule has 10 nitrogen and oxygen atoms in total. The molecule has 0 spiro atoms. The average Bonchev–Trinajstić information content (AvgIpc) is 3.31. The molecule has 1 aliphatic rings. The summed E-state index contributed by atoms with van der Waals surface area (Å²) in [5, 5.41) is 7.09. The van der Waals surface area contributed by atoms with E-state index in [0.29, 0.717) is 23.7 Å². The van der Waals surface area contributed by atoms with Crippen LogP contribution in [0.1, 0.15) is 35.4 Å². The highest BCUT2D eigenvalue weighted by atomic mass is 16.2. The highest BCUT2D eigenvalue weighted by Crippen LogP contribution is 2.22. The molecule has 3 heterocycles. The van der Waals surface area contributed by atoms with Crippen molar-refractivity contribution in [2.45, 2.75) is 45.7 Å². The van der Waals surface area contributed by atoms with Crippen LogP contribution in [0.15, 0.2) is 24.3 Å². The van der Waals surface area contributed by atoms with Gasteiger partial charge in [0, 0.05) is 29.2 Å². The van der Waals surface area contributed by atoms with Gasteiger partial charge in [-0.2, -0.15) is 9.50 Å². The molecule has 0 radical (unpaired) electrons. The van der Waals surface area contributed by atoms with Gasteiger partial charge in [-0.1, -0.05) is 12.1 Å². The molecule has 1 aromatic carbocycles. The van der Waals surface area contributed by atoms with Crippen molar-refractivity contribution >= 4 is 29.2 Å². The predicted molar refractivity (Wildman–Crippen MR) is 116 cm³/mol. The van der Waals surface area contributed by atoms with Crippen molar-refractivity contribution in [1.82, 2.24) is 24.5 Å². The van der Waals surface area contributed by atoms with E-state index in [4.69, 9.17) is 11.5 Å². The normalized spacial score (nSPS) is 16.6. The molecular formula is C21H26N8O2. The number of carbonyl (C=O) groups excluding carboxylic acids is 2. The molecule has 2 amide bonds. The van der Waals surface area contributed by atoms with E-state index in [1.807, 2.05) is 38.1 Å². The van der Waals surface area contributed by atoms with E-state index >= 15 is 0 Å². The first-order valence-corrected chi connectivity index (χ1v) is 10.2. The van der Waals surface area contributed by atoms with E-state index in [9.17, 15) is 9.59 Å². The number of benzene rings is 1. The fourth-order valence-corrected chi connectivity index (χ4v) is 4.16. The van der Waals surface area contributed by atoms with Gasteiger partial charge in [-0.3, -0.25) is 14.5 Å². The molecule has 162 valence electrons. The van der Waals surface area contributed by atoms with Crippen molar-refractivity contribution in [3.63, 3.8) is 0 Å². The van der Waals surface area contributed by atoms with Crippen molar-refractivity contribution in [3.05, 3.63) is 46.8 Å². The van der Waals surface area contributed by atoms with Crippen LogP contribution in [0.4, 0.5) is 11.6 Å². The van der Waals surface area contributed by atoms with E-state index in [1.165, 1.54) is 0 Å². The van der Waals surface area contributed by atoms with Crippen LogP contribution >= 0.6 is 0 Å². The van der Waals surface area contributed by atoms with Crippen molar-refractivity contribution in [2.24, 2.45) is 5.73 Å². The topological polar surface area (TPSA) is 145 Å². The molecule has 0 bridgehead atoms. The lowest BCUT2D eigenvalue weighted by Crippen LogP contribution is -2.39. The molecule has 2 aromatic heterocycles. The lowest BCUT2D eigenvalue weighted by Gasteiger charge is -2.22. The minimum absolute atomic E-state index is 0.144. The van der Waals surface area contributed by atoms with Gasteiger partial charge >= 0.3 is 0 Å². The first-order chi connectivity index (χ1) is 14.8. The van der Waals surface area contributed by atoms with Gasteiger partial charge in [0.05, 0.1) is 12.5 Å². The second-order valence-corrected chi connectivity index (χ2v) is 7.90. The Morgan fingerprint density at radius 1 is 1.26 bits per heavy atom. The molecule has 10 heteroatoms. The molecule has 1 saturated heterocycles. The quantitative estimate of drug-likeness (QED) is 0.536. The molecule has 5 N–H and O–H groups in total. The van der Waals surface area contributed by atoms with E-state index in [2.05, 4.69) is 25.3 Å². The Morgan fingerprint density at radius 3 is 2.84 bits per heavy atom. The smallest absolute Gasteiger partial charge is 0.254 e. The Labute approximate surface area is 179 Å². The number of hydrogen-bond donors (Lipinski definition) is 3. The van der Waals surface area contributed by atoms with Crippen LogP contribution in [-0.2, 0) is 22.6 Å². The Balaban J connectivity index is 1.46. The lowest BCUT2D eigenvalue weighted by atomic mass is 10.1. The number of nitrogens with one attached hydrogen (secondary N) is 1. The highest BCUT2D eigenvalue weighted by Gasteiger charge is 2.28. The molecule has 1 unspecified atom stereocenters. The second-order valence-electron chi connectivity index (χ2n) is 7.90. The average molecular weight is 422 g/mol. The molecule has 4 rings (SSSR count). The number of carbonyl (C=O) groups is 2. The van der Waals surface area contributed by atoms with Gasteiger partial charge in [-0.25, -0.2) is 4.98 Å². The van der Waals surface area contributed by atoms with Gasteiger partial charge in [-0.15, -0.1) is 5.10 Å². The lowest BCUT2D eigenvalue weighted by molar-refractivity contribution is -0.122. The first kappa shape index (κ1) is 20.7. The summed E-state index contributed by atoms with van der Waals surface area (Å²) in [6.45, 7) is 5.16. The zero-order valence-electron chi connectivity index (χ0n) is 17.6. The number of anilines is 2. The standard InChI is InChI=1S/C21H26N8O2/c1-12-16(13(2)29-21(24-12)26-20(23)27-29)10-18(30)25-15-6-3-5-14(9-15)11-28-8-4-7-17(28)19(22)31/h3,5-6,9,17H,4,7-8,10-11H2,1-2H3,(H2,22,31)(H2,23,27)(H,25,30). The number of likely N-dealkylation sites (tertiary alicyclic amines) is 1. The number of nitrogens with two attached hydrogens (primary N) is 2. The summed E-state index contributed by atoms with van der Waals surface area (Å²) in [7, 11) is 0. The number of aryl methyl sites for hydroxylation is 2. The second kappa shape index (κ2) is 8.31. The van der Waals surface area contributed by atoms with Gasteiger partial charge < -0.3 is 16.8 Å². The number of fused-ring (bicyclic) bond motifs is 1. The molecule has 31 heavy (non-hydrogen) atoms. The summed E-state index contributed by atoms with van der Waals surface area (Å²) >= 11 is 0. The van der Waals surface area contributed by atoms with Gasteiger partial charge in [0.25, 0.3) is 5.78 Å². The van der Waals surface area contributed by atoms with Gasteiger partial charge in [-0.05, 0) is 50.9 Å². The minimum Gasteiger partial charge on any atom is -0.368 e. The maximum Gasteiger partial charge on any atom is 0.254 e. The van der Waals surface area contributed by atoms with Crippen LogP contribution in [-0.4, -0.2) is 48.9 Å². The fraction of sp³-hybridized carbons (Fsp3) is 0.381. The third-order valence-electron chi connectivity index (χ3n) is 5.69. The third-order valence-corrected chi connectivity index (χ3v) is 5.69. The largest absolute Gasteiger partial charge is 0.368 e. The van der Waals surface area contributed by atoms with Crippen LogP contribution in [0.2, 0.25) is 0 Å². The van der Waals surface area contributed by atoms with Crippen molar-refractivity contribution in [2.75, 3.05) is 17.6 Å². The fourth-order valence-electron chi connectivity index (χ4n) is 4.16. The SMILES string of the molecule is Cc1nc2nc(N)nn2c(C)c1CC(=O)Nc1cccc(CN2CCCC2C(N)=O)c1. The van der Waals surface area contributed by atoms with Crippen LogP contribution in [0.5, 0.6) is 0 Å². The molecule has 1 atom stereocenters. The van der Waals surface area contributed by atoms with Crippen molar-refractivity contribution in [1.29, 1.82) is 0 Å². The molecule has 0 saturated carbocycles. The van der Waals surface area contributed by atoms with Crippen LogP contribution in [0.25, 0.3) is 5.78 Å². The summed E-state index contributed by atoms with van der Waals surface area (Å²) in [6, 6.07) is 7.41. The van der Waals surface area contributed by atoms with E-state index in [0.717, 1.165) is 36.2 Å². The summed E-state index contributed by atoms with van der Waals surface area (Å²) in [5.74, 6) is 0.117. The van der Waals surface area contributed by atoms with Crippen LogP contribution in [0.3, 0.4) is 0 Å². The molecule has 0 aliphatic carbocycles. The number of amides is 2. The van der Waals surface area contributed by atoms with E-state index < -0.39 is 0 Å². The number of aromatic nitrogens is 4. The monoisotopic (exact) mass is 422 g/mol. The molecule has 3 aromatic rings. The van der Waals surface area contributed by atoms with E-state index in [1.54, 1.807) is 4.52 Å². The number of primary amides is 1. The highest BCUT2D eigenvalue weighted by molar-refractivity contribution is 5.92. The van der Waals surface area contributed by atoms with Gasteiger partial charge in [0.15, 0.2) is 0 Å². The summed E-state index contributed by atoms with van der Waals surface area (Å²) in [5.41, 5.74) is 15.2. The Kier molecular flexibility index (Phi) is 5.55. The Hall–Kier alpha value is -3.53. The van der Waals surface area contributed by atoms with Crippen molar-refractivity contribution < 1.29 is 9.59 Å². The Morgan fingerprint density at radius 2 is 2.06 bits per heavy atom. The summed E-state index contributed by atoms with van der Waals surface area (Å²) in [6.07, 6.45) is 1.90. The molecular weight excluding hydrogens is 396 g/mol. The number of hydrogen-bond acceptors (Lipinski definition) is 7. The summed E-state index contributed by atoms with van der Waals surface area (Å²) in [4.78, 5) is 34.9. The van der Waals surface area contributed by atoms with Crippen molar-refractivity contribution in [3.8, 4) is 0 Å².